The molecule has 1 rings (SSSR count). The molecule has 96 valence electrons. The second-order valence-electron chi connectivity index (χ2n) is 3.32. The average molecular weight is 282 g/mol. The van der Waals surface area contributed by atoms with Crippen LogP contribution in [0.25, 0.3) is 0 Å². The maximum Gasteiger partial charge on any atom is 0.240 e. The van der Waals surface area contributed by atoms with Crippen molar-refractivity contribution in [2.75, 3.05) is 20.3 Å². The number of methoxy groups -OCH3 is 1. The van der Waals surface area contributed by atoms with E-state index < -0.39 is 15.8 Å². The van der Waals surface area contributed by atoms with Gasteiger partial charge >= 0.3 is 0 Å². The lowest BCUT2D eigenvalue weighted by Crippen LogP contribution is -2.25. The molecule has 0 radical (unpaired) electrons. The molecule has 0 saturated carbocycles. The van der Waals surface area contributed by atoms with Crippen LogP contribution in [0.4, 0.5) is 4.39 Å². The van der Waals surface area contributed by atoms with Gasteiger partial charge in [0.15, 0.2) is 0 Å². The van der Waals surface area contributed by atoms with Crippen molar-refractivity contribution in [3.8, 4) is 0 Å². The number of halogens is 2. The van der Waals surface area contributed by atoms with Gasteiger partial charge in [-0.15, -0.1) is 0 Å². The summed E-state index contributed by atoms with van der Waals surface area (Å²) in [5.74, 6) is -0.648. The lowest BCUT2D eigenvalue weighted by molar-refractivity contribution is 0.196. The molecular formula is C10H13ClFNO3S. The number of ether oxygens (including phenoxy) is 1. The molecule has 0 aromatic heterocycles. The highest BCUT2D eigenvalue weighted by Crippen LogP contribution is 2.19. The topological polar surface area (TPSA) is 55.4 Å². The van der Waals surface area contributed by atoms with Crippen molar-refractivity contribution in [2.24, 2.45) is 0 Å². The van der Waals surface area contributed by atoms with Crippen molar-refractivity contribution in [1.82, 2.24) is 4.72 Å². The van der Waals surface area contributed by atoms with E-state index in [9.17, 15) is 12.8 Å². The third-order valence-corrected chi connectivity index (χ3v) is 3.77. The van der Waals surface area contributed by atoms with E-state index >= 15 is 0 Å². The van der Waals surface area contributed by atoms with Crippen LogP contribution in [0.5, 0.6) is 0 Å². The third-order valence-electron chi connectivity index (χ3n) is 2.02. The third kappa shape index (κ3) is 4.23. The zero-order valence-electron chi connectivity index (χ0n) is 9.24. The predicted molar refractivity (Wildman–Crippen MR) is 63.1 cm³/mol. The molecule has 1 aromatic rings. The maximum absolute atomic E-state index is 12.9. The summed E-state index contributed by atoms with van der Waals surface area (Å²) in [6.07, 6.45) is 0.560. The van der Waals surface area contributed by atoms with E-state index in [-0.39, 0.29) is 16.5 Å². The lowest BCUT2D eigenvalue weighted by atomic mass is 10.3. The van der Waals surface area contributed by atoms with Crippen molar-refractivity contribution in [2.45, 2.75) is 11.3 Å². The summed E-state index contributed by atoms with van der Waals surface area (Å²) >= 11 is 5.52. The molecule has 0 spiro atoms. The van der Waals surface area contributed by atoms with Crippen molar-refractivity contribution in [3.05, 3.63) is 29.0 Å². The molecule has 0 aliphatic heterocycles. The van der Waals surface area contributed by atoms with Crippen LogP contribution in [0.3, 0.4) is 0 Å². The number of hydrogen-bond donors (Lipinski definition) is 1. The van der Waals surface area contributed by atoms with E-state index in [4.69, 9.17) is 16.3 Å². The minimum atomic E-state index is -3.64. The van der Waals surface area contributed by atoms with Crippen LogP contribution in [0.2, 0.25) is 5.02 Å². The maximum atomic E-state index is 12.9. The van der Waals surface area contributed by atoms with E-state index in [0.29, 0.717) is 13.0 Å². The molecule has 0 fully saturated rings. The number of nitrogens with one attached hydrogen (secondary N) is 1. The van der Waals surface area contributed by atoms with E-state index in [1.54, 1.807) is 0 Å². The number of hydrogen-bond acceptors (Lipinski definition) is 3. The van der Waals surface area contributed by atoms with Crippen LogP contribution in [0, 0.1) is 5.82 Å². The Morgan fingerprint density at radius 1 is 1.47 bits per heavy atom. The lowest BCUT2D eigenvalue weighted by Gasteiger charge is -2.06. The second kappa shape index (κ2) is 6.30. The summed E-state index contributed by atoms with van der Waals surface area (Å²) in [4.78, 5) is -0.0543. The van der Waals surface area contributed by atoms with E-state index in [1.807, 2.05) is 0 Å². The van der Waals surface area contributed by atoms with Gasteiger partial charge in [-0.1, -0.05) is 11.6 Å². The molecule has 0 aliphatic carbocycles. The van der Waals surface area contributed by atoms with Crippen molar-refractivity contribution >= 4 is 21.6 Å². The molecule has 0 aliphatic rings. The Balaban J connectivity index is 2.72. The zero-order chi connectivity index (χ0) is 12.9. The molecule has 1 N–H and O–H groups in total. The zero-order valence-corrected chi connectivity index (χ0v) is 10.8. The normalized spacial score (nSPS) is 11.7. The summed E-state index contributed by atoms with van der Waals surface area (Å²) in [5.41, 5.74) is 0. The molecule has 4 nitrogen and oxygen atoms in total. The first-order chi connectivity index (χ1) is 7.97. The monoisotopic (exact) mass is 281 g/mol. The molecule has 7 heteroatoms. The number of benzene rings is 1. The summed E-state index contributed by atoms with van der Waals surface area (Å²) in [6, 6.07) is 3.27. The average Bonchev–Trinajstić information content (AvgIpc) is 2.28. The van der Waals surface area contributed by atoms with Crippen LogP contribution in [0.15, 0.2) is 23.1 Å². The molecule has 1 aromatic carbocycles. The Kier molecular flexibility index (Phi) is 5.32. The van der Waals surface area contributed by atoms with Crippen molar-refractivity contribution < 1.29 is 17.5 Å². The van der Waals surface area contributed by atoms with E-state index in [2.05, 4.69) is 4.72 Å². The fraction of sp³-hybridized carbons (Fsp3) is 0.400. The van der Waals surface area contributed by atoms with Gasteiger partial charge in [0.2, 0.25) is 10.0 Å². The highest BCUT2D eigenvalue weighted by molar-refractivity contribution is 7.89. The largest absolute Gasteiger partial charge is 0.385 e. The van der Waals surface area contributed by atoms with Gasteiger partial charge in [-0.25, -0.2) is 17.5 Å². The van der Waals surface area contributed by atoms with Crippen molar-refractivity contribution in [3.63, 3.8) is 0 Å². The highest BCUT2D eigenvalue weighted by Gasteiger charge is 2.14. The molecule has 0 saturated heterocycles. The molecule has 17 heavy (non-hydrogen) atoms. The predicted octanol–water partition coefficient (Wildman–Crippen LogP) is 1.79. The van der Waals surface area contributed by atoms with Crippen LogP contribution in [-0.2, 0) is 14.8 Å². The van der Waals surface area contributed by atoms with Crippen molar-refractivity contribution in [1.29, 1.82) is 0 Å². The van der Waals surface area contributed by atoms with Gasteiger partial charge in [0.25, 0.3) is 0 Å². The molecule has 0 bridgehead atoms. The highest BCUT2D eigenvalue weighted by atomic mass is 35.5. The minimum Gasteiger partial charge on any atom is -0.385 e. The van der Waals surface area contributed by atoms with Crippen LogP contribution in [-0.4, -0.2) is 28.7 Å². The Morgan fingerprint density at radius 3 is 2.76 bits per heavy atom. The molecule has 0 heterocycles. The quantitative estimate of drug-likeness (QED) is 0.809. The van der Waals surface area contributed by atoms with Crippen LogP contribution in [0.1, 0.15) is 6.42 Å². The Hall–Kier alpha value is -0.690. The SMILES string of the molecule is COCCCNS(=O)(=O)c1ccc(F)c(Cl)c1. The summed E-state index contributed by atoms with van der Waals surface area (Å²) in [7, 11) is -2.10. The van der Waals surface area contributed by atoms with Gasteiger partial charge in [-0.05, 0) is 24.6 Å². The second-order valence-corrected chi connectivity index (χ2v) is 5.49. The first kappa shape index (κ1) is 14.4. The smallest absolute Gasteiger partial charge is 0.240 e. The summed E-state index contributed by atoms with van der Waals surface area (Å²) in [5, 5.41) is -0.218. The van der Waals surface area contributed by atoms with Gasteiger partial charge < -0.3 is 4.74 Å². The molecule has 0 unspecified atom stereocenters. The van der Waals surface area contributed by atoms with Gasteiger partial charge in [0.05, 0.1) is 9.92 Å². The van der Waals surface area contributed by atoms with Gasteiger partial charge in [0.1, 0.15) is 5.82 Å². The number of sulfonamides is 1. The van der Waals surface area contributed by atoms with Gasteiger partial charge in [0, 0.05) is 20.3 Å². The van der Waals surface area contributed by atoms with Gasteiger partial charge in [-0.2, -0.15) is 0 Å². The van der Waals surface area contributed by atoms with Crippen LogP contribution < -0.4 is 4.72 Å². The van der Waals surface area contributed by atoms with E-state index in [1.165, 1.54) is 13.2 Å². The van der Waals surface area contributed by atoms with Crippen LogP contribution >= 0.6 is 11.6 Å². The summed E-state index contributed by atoms with van der Waals surface area (Å²) in [6.45, 7) is 0.720. The first-order valence-electron chi connectivity index (χ1n) is 4.91. The first-order valence-corrected chi connectivity index (χ1v) is 6.77. The summed E-state index contributed by atoms with van der Waals surface area (Å²) < 4.78 is 43.5. The van der Waals surface area contributed by atoms with E-state index in [0.717, 1.165) is 12.1 Å². The minimum absolute atomic E-state index is 0.0543. The Labute approximate surface area is 105 Å². The molecule has 0 amide bonds. The Morgan fingerprint density at radius 2 is 2.18 bits per heavy atom. The number of rotatable bonds is 6. The molecular weight excluding hydrogens is 269 g/mol. The fourth-order valence-electron chi connectivity index (χ4n) is 1.15. The fourth-order valence-corrected chi connectivity index (χ4v) is 2.50. The Bertz CT molecular complexity index is 478. The standard InChI is InChI=1S/C10H13ClFNO3S/c1-16-6-2-5-13-17(14,15)8-3-4-10(12)9(11)7-8/h3-4,7,13H,2,5-6H2,1H3. The molecule has 0 atom stereocenters. The van der Waals surface area contributed by atoms with Gasteiger partial charge in [-0.3, -0.25) is 0 Å².